The fraction of sp³-hybridized carbons (Fsp3) is 0.214. The molecule has 0 radical (unpaired) electrons. The standard InChI is InChI=1S/C14H13ClN4OS/c1-3-19-10(7-8(2)18-19)13(20)17-14-16-12-9(15)5-4-6-11(12)21-14/h4-7H,3H2,1-2H3,(H,16,17,20). The number of carbonyl (C=O) groups excluding carboxylic acids is 1. The lowest BCUT2D eigenvalue weighted by Crippen LogP contribution is -2.17. The van der Waals surface area contributed by atoms with Crippen molar-refractivity contribution < 1.29 is 4.79 Å². The van der Waals surface area contributed by atoms with Crippen molar-refractivity contribution in [3.8, 4) is 0 Å². The van der Waals surface area contributed by atoms with E-state index in [0.717, 1.165) is 10.4 Å². The zero-order valence-corrected chi connectivity index (χ0v) is 13.1. The van der Waals surface area contributed by atoms with Crippen LogP contribution in [0.15, 0.2) is 24.3 Å². The van der Waals surface area contributed by atoms with Gasteiger partial charge in [0.2, 0.25) is 0 Å². The van der Waals surface area contributed by atoms with Gasteiger partial charge in [0, 0.05) is 6.54 Å². The molecule has 7 heteroatoms. The van der Waals surface area contributed by atoms with Gasteiger partial charge in [-0.25, -0.2) is 4.98 Å². The number of thiazole rings is 1. The number of nitrogens with zero attached hydrogens (tertiary/aromatic N) is 3. The van der Waals surface area contributed by atoms with Crippen LogP contribution in [0.4, 0.5) is 5.13 Å². The first kappa shape index (κ1) is 14.0. The minimum Gasteiger partial charge on any atom is -0.296 e. The average Bonchev–Trinajstić information content (AvgIpc) is 3.02. The topological polar surface area (TPSA) is 59.8 Å². The molecule has 21 heavy (non-hydrogen) atoms. The Bertz CT molecular complexity index is 824. The van der Waals surface area contributed by atoms with Crippen LogP contribution in [0.25, 0.3) is 10.2 Å². The lowest BCUT2D eigenvalue weighted by atomic mass is 10.3. The summed E-state index contributed by atoms with van der Waals surface area (Å²) in [5.74, 6) is -0.215. The van der Waals surface area contributed by atoms with Gasteiger partial charge in [-0.3, -0.25) is 14.8 Å². The molecule has 5 nitrogen and oxygen atoms in total. The van der Waals surface area contributed by atoms with E-state index in [-0.39, 0.29) is 5.91 Å². The predicted molar refractivity (Wildman–Crippen MR) is 85.2 cm³/mol. The maximum Gasteiger partial charge on any atom is 0.275 e. The van der Waals surface area contributed by atoms with Crippen LogP contribution in [-0.4, -0.2) is 20.7 Å². The number of rotatable bonds is 3. The van der Waals surface area contributed by atoms with Gasteiger partial charge in [0.1, 0.15) is 11.2 Å². The van der Waals surface area contributed by atoms with Crippen molar-refractivity contribution in [2.24, 2.45) is 0 Å². The molecule has 1 aromatic carbocycles. The number of halogens is 1. The third-order valence-corrected chi connectivity index (χ3v) is 4.27. The summed E-state index contributed by atoms with van der Waals surface area (Å²) in [5.41, 5.74) is 2.05. The molecule has 0 aliphatic rings. The number of aromatic nitrogens is 3. The van der Waals surface area contributed by atoms with E-state index in [1.807, 2.05) is 26.0 Å². The van der Waals surface area contributed by atoms with Gasteiger partial charge in [0.25, 0.3) is 5.91 Å². The van der Waals surface area contributed by atoms with Crippen molar-refractivity contribution in [3.63, 3.8) is 0 Å². The molecule has 1 N–H and O–H groups in total. The lowest BCUT2D eigenvalue weighted by molar-refractivity contribution is 0.101. The van der Waals surface area contributed by atoms with Gasteiger partial charge in [-0.1, -0.05) is 29.0 Å². The van der Waals surface area contributed by atoms with Gasteiger partial charge in [-0.2, -0.15) is 5.10 Å². The van der Waals surface area contributed by atoms with Crippen molar-refractivity contribution in [1.82, 2.24) is 14.8 Å². The summed E-state index contributed by atoms with van der Waals surface area (Å²) in [6.07, 6.45) is 0. The van der Waals surface area contributed by atoms with E-state index >= 15 is 0 Å². The molecule has 0 aliphatic carbocycles. The van der Waals surface area contributed by atoms with E-state index in [2.05, 4.69) is 15.4 Å². The number of fused-ring (bicyclic) bond motifs is 1. The SMILES string of the molecule is CCn1nc(C)cc1C(=O)Nc1nc2c(Cl)cccc2s1. The second-order valence-corrected chi connectivity index (χ2v) is 5.98. The molecule has 2 heterocycles. The molecule has 2 aromatic heterocycles. The minimum atomic E-state index is -0.215. The van der Waals surface area contributed by atoms with Gasteiger partial charge in [0.05, 0.1) is 15.4 Å². The Morgan fingerprint density at radius 3 is 3.00 bits per heavy atom. The quantitative estimate of drug-likeness (QED) is 0.800. The van der Waals surface area contributed by atoms with Gasteiger partial charge < -0.3 is 0 Å². The summed E-state index contributed by atoms with van der Waals surface area (Å²) in [5, 5.41) is 8.19. The highest BCUT2D eigenvalue weighted by Crippen LogP contribution is 2.30. The van der Waals surface area contributed by atoms with E-state index in [1.54, 1.807) is 16.8 Å². The normalized spacial score (nSPS) is 11.0. The van der Waals surface area contributed by atoms with Crippen LogP contribution in [0.2, 0.25) is 5.02 Å². The Hall–Kier alpha value is -1.92. The summed E-state index contributed by atoms with van der Waals surface area (Å²) in [6, 6.07) is 7.34. The van der Waals surface area contributed by atoms with Crippen molar-refractivity contribution in [1.29, 1.82) is 0 Å². The first-order valence-corrected chi connectivity index (χ1v) is 7.68. The van der Waals surface area contributed by atoms with E-state index in [4.69, 9.17) is 11.6 Å². The van der Waals surface area contributed by atoms with Crippen molar-refractivity contribution in [2.75, 3.05) is 5.32 Å². The van der Waals surface area contributed by atoms with Gasteiger partial charge >= 0.3 is 0 Å². The number of nitrogens with one attached hydrogen (secondary N) is 1. The smallest absolute Gasteiger partial charge is 0.275 e. The van der Waals surface area contributed by atoms with Crippen LogP contribution in [0.1, 0.15) is 23.1 Å². The zero-order valence-electron chi connectivity index (χ0n) is 11.6. The maximum atomic E-state index is 12.3. The highest BCUT2D eigenvalue weighted by Gasteiger charge is 2.15. The fourth-order valence-electron chi connectivity index (χ4n) is 2.10. The van der Waals surface area contributed by atoms with Crippen molar-refractivity contribution in [2.45, 2.75) is 20.4 Å². The maximum absolute atomic E-state index is 12.3. The second-order valence-electron chi connectivity index (χ2n) is 4.55. The first-order valence-electron chi connectivity index (χ1n) is 6.49. The molecule has 0 aliphatic heterocycles. The molecule has 0 saturated carbocycles. The van der Waals surface area contributed by atoms with E-state index in [9.17, 15) is 4.79 Å². The molecule has 3 aromatic rings. The van der Waals surface area contributed by atoms with Crippen molar-refractivity contribution in [3.05, 3.63) is 40.7 Å². The third kappa shape index (κ3) is 2.64. The van der Waals surface area contributed by atoms with Gasteiger partial charge in [-0.05, 0) is 32.0 Å². The Morgan fingerprint density at radius 1 is 1.48 bits per heavy atom. The summed E-state index contributed by atoms with van der Waals surface area (Å²) in [6.45, 7) is 4.45. The summed E-state index contributed by atoms with van der Waals surface area (Å²) >= 11 is 7.49. The molecule has 3 rings (SSSR count). The molecule has 0 bridgehead atoms. The molecule has 1 amide bonds. The summed E-state index contributed by atoms with van der Waals surface area (Å²) in [7, 11) is 0. The summed E-state index contributed by atoms with van der Waals surface area (Å²) < 4.78 is 2.61. The number of amides is 1. The molecular weight excluding hydrogens is 308 g/mol. The van der Waals surface area contributed by atoms with Crippen molar-refractivity contribution >= 4 is 44.2 Å². The number of aryl methyl sites for hydroxylation is 2. The van der Waals surface area contributed by atoms with Gasteiger partial charge in [-0.15, -0.1) is 0 Å². The second kappa shape index (κ2) is 5.46. The number of benzene rings is 1. The average molecular weight is 321 g/mol. The highest BCUT2D eigenvalue weighted by atomic mass is 35.5. The molecule has 0 spiro atoms. The predicted octanol–water partition coefficient (Wildman–Crippen LogP) is 3.73. The number of hydrogen-bond donors (Lipinski definition) is 1. The molecular formula is C14H13ClN4OS. The molecule has 0 atom stereocenters. The third-order valence-electron chi connectivity index (χ3n) is 3.02. The van der Waals surface area contributed by atoms with Crippen LogP contribution >= 0.6 is 22.9 Å². The lowest BCUT2D eigenvalue weighted by Gasteiger charge is -2.03. The Balaban J connectivity index is 1.91. The number of para-hydroxylation sites is 1. The monoisotopic (exact) mass is 320 g/mol. The molecule has 108 valence electrons. The molecule has 0 saturated heterocycles. The number of carbonyl (C=O) groups is 1. The van der Waals surface area contributed by atoms with E-state index in [0.29, 0.717) is 27.9 Å². The van der Waals surface area contributed by atoms with Crippen LogP contribution in [0.5, 0.6) is 0 Å². The summed E-state index contributed by atoms with van der Waals surface area (Å²) in [4.78, 5) is 16.7. The van der Waals surface area contributed by atoms with Crippen LogP contribution in [-0.2, 0) is 6.54 Å². The Morgan fingerprint density at radius 2 is 2.29 bits per heavy atom. The van der Waals surface area contributed by atoms with Crippen LogP contribution < -0.4 is 5.32 Å². The van der Waals surface area contributed by atoms with E-state index < -0.39 is 0 Å². The zero-order chi connectivity index (χ0) is 15.0. The minimum absolute atomic E-state index is 0.215. The fourth-order valence-corrected chi connectivity index (χ4v) is 3.26. The van der Waals surface area contributed by atoms with Crippen LogP contribution in [0.3, 0.4) is 0 Å². The van der Waals surface area contributed by atoms with Crippen LogP contribution in [0, 0.1) is 6.92 Å². The number of anilines is 1. The first-order chi connectivity index (χ1) is 10.1. The number of hydrogen-bond acceptors (Lipinski definition) is 4. The largest absolute Gasteiger partial charge is 0.296 e. The molecule has 0 fully saturated rings. The highest BCUT2D eigenvalue weighted by molar-refractivity contribution is 7.22. The Kier molecular flexibility index (Phi) is 3.65. The molecule has 0 unspecified atom stereocenters. The van der Waals surface area contributed by atoms with Gasteiger partial charge in [0.15, 0.2) is 5.13 Å². The Labute approximate surface area is 130 Å². The van der Waals surface area contributed by atoms with E-state index in [1.165, 1.54) is 11.3 Å².